The van der Waals surface area contributed by atoms with Gasteiger partial charge in [-0.25, -0.2) is 13.2 Å². The van der Waals surface area contributed by atoms with E-state index in [0.29, 0.717) is 43.0 Å². The molecule has 1 N–H and O–H groups in total. The summed E-state index contributed by atoms with van der Waals surface area (Å²) < 4.78 is 37.4. The van der Waals surface area contributed by atoms with E-state index in [1.54, 1.807) is 30.3 Å². The van der Waals surface area contributed by atoms with Crippen LogP contribution in [0.4, 0.5) is 0 Å². The molecule has 0 radical (unpaired) electrons. The molecular formula is C21H28N2O7S2. The number of hydrogen-bond donors (Lipinski definition) is 1. The molecule has 0 aromatic heterocycles. The molecule has 9 nitrogen and oxygen atoms in total. The van der Waals surface area contributed by atoms with Gasteiger partial charge in [-0.15, -0.1) is 0 Å². The molecule has 1 aromatic rings. The van der Waals surface area contributed by atoms with Gasteiger partial charge in [0, 0.05) is 48.4 Å². The first kappa shape index (κ1) is 24.4. The van der Waals surface area contributed by atoms with Crippen LogP contribution in [0.1, 0.15) is 24.8 Å². The van der Waals surface area contributed by atoms with Gasteiger partial charge in [0.1, 0.15) is 6.04 Å². The fourth-order valence-electron chi connectivity index (χ4n) is 4.16. The molecular weight excluding hydrogens is 456 g/mol. The van der Waals surface area contributed by atoms with E-state index in [-0.39, 0.29) is 24.6 Å². The van der Waals surface area contributed by atoms with E-state index in [4.69, 9.17) is 0 Å². The smallest absolute Gasteiger partial charge is 0.326 e. The van der Waals surface area contributed by atoms with Crippen molar-refractivity contribution in [3.8, 4) is 0 Å². The highest BCUT2D eigenvalue weighted by atomic mass is 32.2. The topological polar surface area (TPSA) is 129 Å². The molecule has 3 rings (SSSR count). The Hall–Kier alpha value is -2.27. The zero-order chi connectivity index (χ0) is 23.3. The summed E-state index contributed by atoms with van der Waals surface area (Å²) in [5.74, 6) is -3.38. The summed E-state index contributed by atoms with van der Waals surface area (Å²) in [4.78, 5) is 40.3. The Morgan fingerprint density at radius 1 is 1.09 bits per heavy atom. The second-order valence-corrected chi connectivity index (χ2v) is 12.0. The van der Waals surface area contributed by atoms with Crippen LogP contribution in [0.2, 0.25) is 0 Å². The Kier molecular flexibility index (Phi) is 8.05. The summed E-state index contributed by atoms with van der Waals surface area (Å²) in [6, 6.07) is 7.56. The van der Waals surface area contributed by atoms with E-state index in [1.165, 1.54) is 9.80 Å². The van der Waals surface area contributed by atoms with E-state index < -0.39 is 50.2 Å². The van der Waals surface area contributed by atoms with Crippen molar-refractivity contribution in [2.75, 3.05) is 36.9 Å². The van der Waals surface area contributed by atoms with Crippen molar-refractivity contribution >= 4 is 38.4 Å². The molecule has 2 atom stereocenters. The number of aliphatic carboxylic acids is 1. The number of carboxylic acid groups (broad SMARTS) is 1. The van der Waals surface area contributed by atoms with Gasteiger partial charge in [-0.05, 0) is 18.4 Å². The monoisotopic (exact) mass is 484 g/mol. The lowest BCUT2D eigenvalue weighted by atomic mass is 10.0. The van der Waals surface area contributed by atoms with Gasteiger partial charge >= 0.3 is 5.97 Å². The second-order valence-electron chi connectivity index (χ2n) is 8.20. The van der Waals surface area contributed by atoms with E-state index in [1.807, 2.05) is 0 Å². The maximum atomic E-state index is 13.2. The van der Waals surface area contributed by atoms with Gasteiger partial charge in [0.05, 0.1) is 17.4 Å². The van der Waals surface area contributed by atoms with Crippen molar-refractivity contribution in [2.45, 2.75) is 31.1 Å². The van der Waals surface area contributed by atoms with Crippen molar-refractivity contribution in [1.29, 1.82) is 0 Å². The van der Waals surface area contributed by atoms with Crippen molar-refractivity contribution in [3.63, 3.8) is 0 Å². The predicted octanol–water partition coefficient (Wildman–Crippen LogP) is 0.274. The van der Waals surface area contributed by atoms with Crippen LogP contribution >= 0.6 is 0 Å². The van der Waals surface area contributed by atoms with Gasteiger partial charge in [-0.1, -0.05) is 30.3 Å². The zero-order valence-corrected chi connectivity index (χ0v) is 19.4. The molecule has 32 heavy (non-hydrogen) atoms. The van der Waals surface area contributed by atoms with Crippen LogP contribution in [0.3, 0.4) is 0 Å². The van der Waals surface area contributed by atoms with Gasteiger partial charge in [-0.2, -0.15) is 0 Å². The minimum Gasteiger partial charge on any atom is -0.480 e. The van der Waals surface area contributed by atoms with E-state index in [0.717, 1.165) is 0 Å². The number of benzene rings is 1. The summed E-state index contributed by atoms with van der Waals surface area (Å²) >= 11 is 0. The molecule has 176 valence electrons. The first-order chi connectivity index (χ1) is 15.2. The number of likely N-dealkylation sites (tertiary alicyclic amines) is 1. The van der Waals surface area contributed by atoms with Crippen LogP contribution in [0, 0.1) is 5.92 Å². The molecule has 0 bridgehead atoms. The largest absolute Gasteiger partial charge is 0.480 e. The molecule has 1 aromatic carbocycles. The summed E-state index contributed by atoms with van der Waals surface area (Å²) in [6.07, 6.45) is 0.497. The average molecular weight is 485 g/mol. The molecule has 11 heteroatoms. The number of hydrogen-bond acceptors (Lipinski definition) is 6. The summed E-state index contributed by atoms with van der Waals surface area (Å²) in [5.41, 5.74) is 0.577. The lowest BCUT2D eigenvalue weighted by Crippen LogP contribution is -2.48. The highest BCUT2D eigenvalue weighted by molar-refractivity contribution is 7.90. The normalized spacial score (nSPS) is 20.8. The van der Waals surface area contributed by atoms with Gasteiger partial charge < -0.3 is 14.9 Å². The van der Waals surface area contributed by atoms with Crippen LogP contribution in [0.5, 0.6) is 0 Å². The van der Waals surface area contributed by atoms with Gasteiger partial charge in [0.2, 0.25) is 11.8 Å². The first-order valence-corrected chi connectivity index (χ1v) is 13.9. The molecule has 2 aliphatic heterocycles. The maximum Gasteiger partial charge on any atom is 0.326 e. The molecule has 0 unspecified atom stereocenters. The van der Waals surface area contributed by atoms with Crippen LogP contribution < -0.4 is 0 Å². The van der Waals surface area contributed by atoms with Crippen molar-refractivity contribution in [2.24, 2.45) is 5.92 Å². The fraction of sp³-hybridized carbons (Fsp3) is 0.571. The van der Waals surface area contributed by atoms with Crippen molar-refractivity contribution < 1.29 is 32.1 Å². The molecule has 2 saturated heterocycles. The Morgan fingerprint density at radius 2 is 1.75 bits per heavy atom. The molecule has 0 spiro atoms. The highest BCUT2D eigenvalue weighted by Gasteiger charge is 2.40. The Bertz CT molecular complexity index is 971. The maximum absolute atomic E-state index is 13.2. The number of nitrogens with zero attached hydrogens (tertiary/aromatic N) is 2. The quantitative estimate of drug-likeness (QED) is 0.561. The molecule has 0 saturated carbocycles. The van der Waals surface area contributed by atoms with Crippen LogP contribution in [-0.4, -0.2) is 88.3 Å². The van der Waals surface area contributed by atoms with Gasteiger partial charge in [0.25, 0.3) is 0 Å². The Balaban J connectivity index is 1.78. The summed E-state index contributed by atoms with van der Waals surface area (Å²) in [5, 5.41) is 9.44. The van der Waals surface area contributed by atoms with Crippen molar-refractivity contribution in [3.05, 3.63) is 35.9 Å². The number of carboxylic acids is 1. The first-order valence-electron chi connectivity index (χ1n) is 10.6. The third-order valence-corrected chi connectivity index (χ3v) is 8.77. The van der Waals surface area contributed by atoms with Gasteiger partial charge in [0.15, 0.2) is 9.84 Å². The fourth-order valence-corrected chi connectivity index (χ4v) is 6.90. The molecule has 2 heterocycles. The number of carbonyl (C=O) groups excluding carboxylic acids is 2. The predicted molar refractivity (Wildman–Crippen MR) is 119 cm³/mol. The average Bonchev–Trinajstić information content (AvgIpc) is 3.23. The SMILES string of the molecule is O=C(O)[C@@H]1CCCN1C(=O)[C@@H](CC(=O)N1CCS(=O)CC1)CS(=O)(=O)Cc1ccccc1. The number of carbonyl (C=O) groups is 3. The molecule has 2 aliphatic rings. The zero-order valence-electron chi connectivity index (χ0n) is 17.7. The lowest BCUT2D eigenvalue weighted by Gasteiger charge is -2.30. The molecule has 2 fully saturated rings. The molecule has 0 aliphatic carbocycles. The number of amides is 2. The highest BCUT2D eigenvalue weighted by Crippen LogP contribution is 2.24. The van der Waals surface area contributed by atoms with E-state index >= 15 is 0 Å². The lowest BCUT2D eigenvalue weighted by molar-refractivity contribution is -0.150. The summed E-state index contributed by atoms with van der Waals surface area (Å²) in [6.45, 7) is 0.817. The van der Waals surface area contributed by atoms with E-state index in [9.17, 15) is 32.1 Å². The Morgan fingerprint density at radius 3 is 2.38 bits per heavy atom. The van der Waals surface area contributed by atoms with Crippen LogP contribution in [0.25, 0.3) is 0 Å². The minimum atomic E-state index is -3.75. The summed E-state index contributed by atoms with van der Waals surface area (Å²) in [7, 11) is -4.73. The molecule has 2 amide bonds. The number of sulfone groups is 1. The van der Waals surface area contributed by atoms with Gasteiger partial charge in [-0.3, -0.25) is 13.8 Å². The minimum absolute atomic E-state index is 0.224. The second kappa shape index (κ2) is 10.6. The van der Waals surface area contributed by atoms with Crippen LogP contribution in [-0.2, 0) is 40.8 Å². The third kappa shape index (κ3) is 6.38. The number of rotatable bonds is 8. The van der Waals surface area contributed by atoms with Crippen LogP contribution in [0.15, 0.2) is 30.3 Å². The third-order valence-electron chi connectivity index (χ3n) is 5.81. The van der Waals surface area contributed by atoms with Crippen molar-refractivity contribution in [1.82, 2.24) is 9.80 Å². The standard InChI is InChI=1S/C21H28N2O7S2/c24-19(22-9-11-31(28)12-10-22)13-17(20(25)23-8-4-7-18(23)21(26)27)15-32(29,30)14-16-5-2-1-3-6-16/h1-3,5-6,17-18H,4,7-15H2,(H,26,27)/t17-,18-/m0/s1. The van der Waals surface area contributed by atoms with E-state index in [2.05, 4.69) is 0 Å². The Labute approximate surface area is 190 Å².